The first-order chi connectivity index (χ1) is 10.2. The fourth-order valence-corrected chi connectivity index (χ4v) is 2.68. The van der Waals surface area contributed by atoms with Gasteiger partial charge in [-0.25, -0.2) is 4.98 Å². The highest BCUT2D eigenvalue weighted by Crippen LogP contribution is 2.18. The van der Waals surface area contributed by atoms with Gasteiger partial charge < -0.3 is 10.3 Å². The Morgan fingerprint density at radius 2 is 1.90 bits per heavy atom. The zero-order valence-corrected chi connectivity index (χ0v) is 12.6. The lowest BCUT2D eigenvalue weighted by atomic mass is 10.1. The lowest BCUT2D eigenvalue weighted by Gasteiger charge is -2.04. The smallest absolute Gasteiger partial charge is 0.107 e. The molecule has 21 heavy (non-hydrogen) atoms. The topological polar surface area (TPSA) is 40.7 Å². The molecule has 0 fully saturated rings. The second kappa shape index (κ2) is 6.00. The number of aromatic amines is 1. The summed E-state index contributed by atoms with van der Waals surface area (Å²) in [6, 6.07) is 14.7. The summed E-state index contributed by atoms with van der Waals surface area (Å²) in [5.41, 5.74) is 5.95. The molecule has 0 saturated heterocycles. The molecular weight excluding hydrogens is 258 g/mol. The van der Waals surface area contributed by atoms with Gasteiger partial charge in [-0.15, -0.1) is 0 Å². The Balaban J connectivity index is 1.59. The Bertz CT molecular complexity index is 729. The number of H-pyrrole nitrogens is 1. The molecule has 3 nitrogen and oxygen atoms in total. The second-order valence-electron chi connectivity index (χ2n) is 5.56. The first-order valence-electron chi connectivity index (χ1n) is 7.47. The summed E-state index contributed by atoms with van der Waals surface area (Å²) >= 11 is 0. The van der Waals surface area contributed by atoms with Crippen LogP contribution in [0.5, 0.6) is 0 Å². The third-order valence-electron chi connectivity index (χ3n) is 3.66. The lowest BCUT2D eigenvalue weighted by molar-refractivity contribution is 0.820. The van der Waals surface area contributed by atoms with Gasteiger partial charge in [0.1, 0.15) is 5.82 Å². The van der Waals surface area contributed by atoms with E-state index in [1.807, 2.05) is 18.2 Å². The number of benzene rings is 2. The van der Waals surface area contributed by atoms with Gasteiger partial charge in [-0.1, -0.05) is 24.3 Å². The number of hydrogen-bond donors (Lipinski definition) is 2. The molecular formula is C18H21N3. The largest absolute Gasteiger partial charge is 0.385 e. The molecule has 1 heterocycles. The van der Waals surface area contributed by atoms with E-state index in [2.05, 4.69) is 48.4 Å². The van der Waals surface area contributed by atoms with E-state index < -0.39 is 0 Å². The summed E-state index contributed by atoms with van der Waals surface area (Å²) in [6.07, 6.45) is 2.03. The molecule has 2 N–H and O–H groups in total. The number of para-hydroxylation sites is 1. The van der Waals surface area contributed by atoms with Gasteiger partial charge in [-0.3, -0.25) is 0 Å². The Morgan fingerprint density at radius 3 is 2.71 bits per heavy atom. The van der Waals surface area contributed by atoms with E-state index in [4.69, 9.17) is 4.98 Å². The summed E-state index contributed by atoms with van der Waals surface area (Å²) in [6.45, 7) is 5.20. The highest BCUT2D eigenvalue weighted by atomic mass is 14.9. The maximum atomic E-state index is 4.71. The standard InChI is InChI=1S/C18H21N3/c1-13-11-14(2)18-16(12-13)20-17(21-18)9-6-10-19-15-7-4-3-5-8-15/h3-5,7-8,11-12,19H,6,9-10H2,1-2H3,(H,20,21). The molecule has 0 aliphatic carbocycles. The van der Waals surface area contributed by atoms with Gasteiger partial charge in [0.2, 0.25) is 0 Å². The summed E-state index contributed by atoms with van der Waals surface area (Å²) in [7, 11) is 0. The zero-order valence-electron chi connectivity index (χ0n) is 12.6. The van der Waals surface area contributed by atoms with Gasteiger partial charge >= 0.3 is 0 Å². The molecule has 0 atom stereocenters. The van der Waals surface area contributed by atoms with Crippen LogP contribution in [0.25, 0.3) is 11.0 Å². The van der Waals surface area contributed by atoms with E-state index in [0.717, 1.165) is 36.2 Å². The summed E-state index contributed by atoms with van der Waals surface area (Å²) in [5.74, 6) is 1.08. The number of anilines is 1. The van der Waals surface area contributed by atoms with Crippen molar-refractivity contribution in [2.24, 2.45) is 0 Å². The zero-order chi connectivity index (χ0) is 14.7. The van der Waals surface area contributed by atoms with Crippen LogP contribution >= 0.6 is 0 Å². The molecule has 0 radical (unpaired) electrons. The van der Waals surface area contributed by atoms with Crippen LogP contribution in [0, 0.1) is 13.8 Å². The minimum absolute atomic E-state index is 0.957. The predicted octanol–water partition coefficient (Wildman–Crippen LogP) is 4.22. The van der Waals surface area contributed by atoms with Gasteiger partial charge in [0.15, 0.2) is 0 Å². The highest BCUT2D eigenvalue weighted by Gasteiger charge is 2.05. The number of rotatable bonds is 5. The predicted molar refractivity (Wildman–Crippen MR) is 88.8 cm³/mol. The van der Waals surface area contributed by atoms with Crippen molar-refractivity contribution >= 4 is 16.7 Å². The van der Waals surface area contributed by atoms with Crippen molar-refractivity contribution in [2.45, 2.75) is 26.7 Å². The van der Waals surface area contributed by atoms with E-state index >= 15 is 0 Å². The molecule has 3 rings (SSSR count). The van der Waals surface area contributed by atoms with Crippen molar-refractivity contribution in [1.29, 1.82) is 0 Å². The van der Waals surface area contributed by atoms with Gasteiger partial charge in [0.25, 0.3) is 0 Å². The van der Waals surface area contributed by atoms with Crippen LogP contribution in [0.3, 0.4) is 0 Å². The van der Waals surface area contributed by atoms with Crippen LogP contribution in [0.15, 0.2) is 42.5 Å². The van der Waals surface area contributed by atoms with Crippen LogP contribution in [0.1, 0.15) is 23.4 Å². The molecule has 0 aliphatic heterocycles. The highest BCUT2D eigenvalue weighted by molar-refractivity contribution is 5.79. The number of fused-ring (bicyclic) bond motifs is 1. The Kier molecular flexibility index (Phi) is 3.91. The van der Waals surface area contributed by atoms with Crippen molar-refractivity contribution < 1.29 is 0 Å². The second-order valence-corrected chi connectivity index (χ2v) is 5.56. The molecule has 0 saturated carbocycles. The van der Waals surface area contributed by atoms with E-state index in [-0.39, 0.29) is 0 Å². The number of nitrogens with zero attached hydrogens (tertiary/aromatic N) is 1. The van der Waals surface area contributed by atoms with Crippen molar-refractivity contribution in [3.05, 3.63) is 59.4 Å². The number of hydrogen-bond acceptors (Lipinski definition) is 2. The molecule has 0 aliphatic rings. The molecule has 1 aromatic heterocycles. The Labute approximate surface area is 125 Å². The molecule has 0 bridgehead atoms. The first-order valence-corrected chi connectivity index (χ1v) is 7.47. The van der Waals surface area contributed by atoms with Crippen molar-refractivity contribution in [3.8, 4) is 0 Å². The quantitative estimate of drug-likeness (QED) is 0.686. The van der Waals surface area contributed by atoms with Crippen molar-refractivity contribution in [3.63, 3.8) is 0 Å². The average Bonchev–Trinajstić information content (AvgIpc) is 2.88. The van der Waals surface area contributed by atoms with E-state index in [1.54, 1.807) is 0 Å². The van der Waals surface area contributed by atoms with Gasteiger partial charge in [0, 0.05) is 18.7 Å². The first kappa shape index (κ1) is 13.7. The van der Waals surface area contributed by atoms with E-state index in [9.17, 15) is 0 Å². The average molecular weight is 279 g/mol. The molecule has 3 aromatic rings. The third kappa shape index (κ3) is 3.24. The van der Waals surface area contributed by atoms with Crippen LogP contribution in [0.4, 0.5) is 5.69 Å². The molecule has 2 aromatic carbocycles. The molecule has 0 amide bonds. The van der Waals surface area contributed by atoms with Crippen molar-refractivity contribution in [2.75, 3.05) is 11.9 Å². The third-order valence-corrected chi connectivity index (χ3v) is 3.66. The number of aromatic nitrogens is 2. The Hall–Kier alpha value is -2.29. The van der Waals surface area contributed by atoms with Crippen molar-refractivity contribution in [1.82, 2.24) is 9.97 Å². The molecule has 0 unspecified atom stereocenters. The van der Waals surface area contributed by atoms with Gasteiger partial charge in [-0.2, -0.15) is 0 Å². The molecule has 0 spiro atoms. The summed E-state index contributed by atoms with van der Waals surface area (Å²) in [5, 5.41) is 3.43. The lowest BCUT2D eigenvalue weighted by Crippen LogP contribution is -2.03. The summed E-state index contributed by atoms with van der Waals surface area (Å²) < 4.78 is 0. The fourth-order valence-electron chi connectivity index (χ4n) is 2.68. The van der Waals surface area contributed by atoms with Gasteiger partial charge in [0.05, 0.1) is 11.0 Å². The summed E-state index contributed by atoms with van der Waals surface area (Å²) in [4.78, 5) is 8.15. The normalized spacial score (nSPS) is 11.0. The number of nitrogens with one attached hydrogen (secondary N) is 2. The molecule has 108 valence electrons. The van der Waals surface area contributed by atoms with Gasteiger partial charge in [-0.05, 0) is 49.6 Å². The van der Waals surface area contributed by atoms with Crippen LogP contribution < -0.4 is 5.32 Å². The van der Waals surface area contributed by atoms with Crippen LogP contribution in [-0.4, -0.2) is 16.5 Å². The minimum Gasteiger partial charge on any atom is -0.385 e. The van der Waals surface area contributed by atoms with Crippen LogP contribution in [-0.2, 0) is 6.42 Å². The SMILES string of the molecule is Cc1cc(C)c2nc(CCCNc3ccccc3)[nH]c2c1. The maximum absolute atomic E-state index is 4.71. The Morgan fingerprint density at radius 1 is 1.10 bits per heavy atom. The minimum atomic E-state index is 0.957. The van der Waals surface area contributed by atoms with E-state index in [0.29, 0.717) is 0 Å². The fraction of sp³-hybridized carbons (Fsp3) is 0.278. The number of imidazole rings is 1. The van der Waals surface area contributed by atoms with Crippen LogP contribution in [0.2, 0.25) is 0 Å². The molecule has 3 heteroatoms. The number of aryl methyl sites for hydroxylation is 3. The van der Waals surface area contributed by atoms with E-state index in [1.165, 1.54) is 16.8 Å². The monoisotopic (exact) mass is 279 g/mol. The maximum Gasteiger partial charge on any atom is 0.107 e.